The fraction of sp³-hybridized carbons (Fsp3) is 0.111. The van der Waals surface area contributed by atoms with Gasteiger partial charge in [0.25, 0.3) is 0 Å². The van der Waals surface area contributed by atoms with Gasteiger partial charge in [-0.15, -0.1) is 0 Å². The summed E-state index contributed by atoms with van der Waals surface area (Å²) in [6.07, 6.45) is 0. The molecule has 13 heavy (non-hydrogen) atoms. The molecule has 0 unspecified atom stereocenters. The van der Waals surface area contributed by atoms with Gasteiger partial charge < -0.3 is 14.6 Å². The Hall–Kier alpha value is -1.84. The summed E-state index contributed by atoms with van der Waals surface area (Å²) < 4.78 is 4.39. The maximum Gasteiger partial charge on any atom is 0.338 e. The lowest BCUT2D eigenvalue weighted by molar-refractivity contribution is -0.308. The highest BCUT2D eigenvalue weighted by molar-refractivity contribution is 5.90. The van der Waals surface area contributed by atoms with Crippen LogP contribution < -0.4 is 5.11 Å². The quantitative estimate of drug-likeness (QED) is 0.592. The van der Waals surface area contributed by atoms with Crippen LogP contribution in [0.1, 0.15) is 10.4 Å². The second-order valence-electron chi connectivity index (χ2n) is 2.31. The number of hydrogen-bond donors (Lipinski definition) is 0. The fourth-order valence-electron chi connectivity index (χ4n) is 0.782. The molecular formula is C9H7O4-. The number of carbonyl (C=O) groups excluding carboxylic acids is 2. The number of ether oxygens (including phenoxy) is 1. The van der Waals surface area contributed by atoms with Crippen LogP contribution in [-0.2, 0) is 9.53 Å². The maximum absolute atomic E-state index is 11.0. The van der Waals surface area contributed by atoms with Crippen LogP contribution in [0.4, 0.5) is 0 Å². The van der Waals surface area contributed by atoms with Gasteiger partial charge in [-0.3, -0.25) is 0 Å². The van der Waals surface area contributed by atoms with E-state index in [0.717, 1.165) is 0 Å². The van der Waals surface area contributed by atoms with Crippen molar-refractivity contribution in [3.63, 3.8) is 0 Å². The van der Waals surface area contributed by atoms with Crippen LogP contribution in [0.15, 0.2) is 30.3 Å². The number of benzene rings is 1. The lowest BCUT2D eigenvalue weighted by atomic mass is 10.2. The number of carboxylic acids is 1. The van der Waals surface area contributed by atoms with E-state index in [4.69, 9.17) is 0 Å². The molecule has 0 bridgehead atoms. The molecular weight excluding hydrogens is 172 g/mol. The normalized spacial score (nSPS) is 9.23. The van der Waals surface area contributed by atoms with Crippen LogP contribution in [0, 0.1) is 0 Å². The maximum atomic E-state index is 11.0. The minimum atomic E-state index is -1.41. The van der Waals surface area contributed by atoms with E-state index in [-0.39, 0.29) is 0 Å². The third-order valence-corrected chi connectivity index (χ3v) is 1.33. The van der Waals surface area contributed by atoms with Gasteiger partial charge >= 0.3 is 5.97 Å². The molecule has 0 aliphatic heterocycles. The van der Waals surface area contributed by atoms with Gasteiger partial charge in [0.15, 0.2) is 0 Å². The van der Waals surface area contributed by atoms with Crippen LogP contribution >= 0.6 is 0 Å². The molecule has 0 fully saturated rings. The van der Waals surface area contributed by atoms with Gasteiger partial charge in [0.05, 0.1) is 11.5 Å². The molecule has 4 nitrogen and oxygen atoms in total. The number of carbonyl (C=O) groups is 2. The number of rotatable bonds is 3. The molecule has 0 aliphatic carbocycles. The van der Waals surface area contributed by atoms with Crippen molar-refractivity contribution in [2.45, 2.75) is 0 Å². The van der Waals surface area contributed by atoms with Crippen molar-refractivity contribution in [3.05, 3.63) is 35.9 Å². The Morgan fingerprint density at radius 3 is 2.38 bits per heavy atom. The van der Waals surface area contributed by atoms with E-state index >= 15 is 0 Å². The fourth-order valence-corrected chi connectivity index (χ4v) is 0.782. The highest BCUT2D eigenvalue weighted by atomic mass is 16.5. The van der Waals surface area contributed by atoms with E-state index in [9.17, 15) is 14.7 Å². The minimum absolute atomic E-state index is 0.323. The summed E-state index contributed by atoms with van der Waals surface area (Å²) >= 11 is 0. The summed E-state index contributed by atoms with van der Waals surface area (Å²) in [5, 5.41) is 9.95. The Bertz CT molecular complexity index is 305. The zero-order valence-corrected chi connectivity index (χ0v) is 6.73. The van der Waals surface area contributed by atoms with E-state index in [2.05, 4.69) is 4.74 Å². The molecule has 0 saturated heterocycles. The first kappa shape index (κ1) is 9.25. The van der Waals surface area contributed by atoms with E-state index < -0.39 is 18.5 Å². The summed E-state index contributed by atoms with van der Waals surface area (Å²) in [6.45, 7) is -0.715. The monoisotopic (exact) mass is 179 g/mol. The molecule has 0 amide bonds. The molecule has 0 N–H and O–H groups in total. The zero-order chi connectivity index (χ0) is 9.68. The van der Waals surface area contributed by atoms with E-state index in [0.29, 0.717) is 5.56 Å². The molecule has 4 heteroatoms. The molecule has 68 valence electrons. The Kier molecular flexibility index (Phi) is 3.03. The molecule has 0 atom stereocenters. The van der Waals surface area contributed by atoms with Crippen molar-refractivity contribution < 1.29 is 19.4 Å². The summed E-state index contributed by atoms with van der Waals surface area (Å²) in [4.78, 5) is 21.0. The Balaban J connectivity index is 2.54. The van der Waals surface area contributed by atoms with Gasteiger partial charge in [-0.05, 0) is 12.1 Å². The average Bonchev–Trinajstić information content (AvgIpc) is 2.15. The van der Waals surface area contributed by atoms with Crippen molar-refractivity contribution in [2.75, 3.05) is 6.61 Å². The predicted molar refractivity (Wildman–Crippen MR) is 41.7 cm³/mol. The summed E-state index contributed by atoms with van der Waals surface area (Å²) in [7, 11) is 0. The summed E-state index contributed by atoms with van der Waals surface area (Å²) in [5.41, 5.74) is 0.323. The largest absolute Gasteiger partial charge is 0.546 e. The average molecular weight is 179 g/mol. The van der Waals surface area contributed by atoms with Gasteiger partial charge in [-0.2, -0.15) is 0 Å². The zero-order valence-electron chi connectivity index (χ0n) is 6.73. The second kappa shape index (κ2) is 4.25. The van der Waals surface area contributed by atoms with E-state index in [1.165, 1.54) is 12.1 Å². The summed E-state index contributed by atoms with van der Waals surface area (Å²) in [6, 6.07) is 8.15. The van der Waals surface area contributed by atoms with Crippen LogP contribution in [0.2, 0.25) is 0 Å². The molecule has 0 heterocycles. The molecule has 0 radical (unpaired) electrons. The highest BCUT2D eigenvalue weighted by Gasteiger charge is 2.04. The molecule has 0 saturated carbocycles. The summed E-state index contributed by atoms with van der Waals surface area (Å²) in [5.74, 6) is -2.07. The number of aliphatic carboxylic acids is 1. The van der Waals surface area contributed by atoms with Crippen LogP contribution in [-0.4, -0.2) is 18.5 Å². The van der Waals surface area contributed by atoms with Gasteiger partial charge in [0, 0.05) is 0 Å². The van der Waals surface area contributed by atoms with Crippen molar-refractivity contribution in [3.8, 4) is 0 Å². The van der Waals surface area contributed by atoms with Crippen molar-refractivity contribution >= 4 is 11.9 Å². The SMILES string of the molecule is O=C([O-])COC(=O)c1ccccc1. The lowest BCUT2D eigenvalue weighted by Crippen LogP contribution is -2.28. The van der Waals surface area contributed by atoms with Crippen molar-refractivity contribution in [2.24, 2.45) is 0 Å². The molecule has 0 spiro atoms. The Morgan fingerprint density at radius 2 is 1.85 bits per heavy atom. The third kappa shape index (κ3) is 2.94. The molecule has 0 aliphatic rings. The minimum Gasteiger partial charge on any atom is -0.546 e. The third-order valence-electron chi connectivity index (χ3n) is 1.33. The van der Waals surface area contributed by atoms with Gasteiger partial charge in [-0.1, -0.05) is 18.2 Å². The Labute approximate surface area is 74.8 Å². The topological polar surface area (TPSA) is 66.4 Å². The molecule has 1 aromatic rings. The first-order chi connectivity index (χ1) is 6.20. The smallest absolute Gasteiger partial charge is 0.338 e. The number of carboxylic acid groups (broad SMARTS) is 1. The number of hydrogen-bond acceptors (Lipinski definition) is 4. The highest BCUT2D eigenvalue weighted by Crippen LogP contribution is 2.00. The van der Waals surface area contributed by atoms with Gasteiger partial charge in [0.2, 0.25) is 0 Å². The van der Waals surface area contributed by atoms with Crippen LogP contribution in [0.5, 0.6) is 0 Å². The first-order valence-corrected chi connectivity index (χ1v) is 3.62. The van der Waals surface area contributed by atoms with Crippen molar-refractivity contribution in [1.29, 1.82) is 0 Å². The standard InChI is InChI=1S/C9H8O4/c10-8(11)6-13-9(12)7-4-2-1-3-5-7/h1-5H,6H2,(H,10,11)/p-1. The first-order valence-electron chi connectivity index (χ1n) is 3.62. The molecule has 1 aromatic carbocycles. The number of esters is 1. The second-order valence-corrected chi connectivity index (χ2v) is 2.31. The van der Waals surface area contributed by atoms with E-state index in [1.54, 1.807) is 18.2 Å². The van der Waals surface area contributed by atoms with E-state index in [1.807, 2.05) is 0 Å². The molecule has 1 rings (SSSR count). The lowest BCUT2D eigenvalue weighted by Gasteiger charge is -2.04. The van der Waals surface area contributed by atoms with Crippen LogP contribution in [0.25, 0.3) is 0 Å². The van der Waals surface area contributed by atoms with Gasteiger partial charge in [-0.25, -0.2) is 4.79 Å². The molecule has 0 aromatic heterocycles. The predicted octanol–water partition coefficient (Wildman–Crippen LogP) is -0.407. The van der Waals surface area contributed by atoms with Crippen molar-refractivity contribution in [1.82, 2.24) is 0 Å². The van der Waals surface area contributed by atoms with Crippen LogP contribution in [0.3, 0.4) is 0 Å². The van der Waals surface area contributed by atoms with Gasteiger partial charge in [0.1, 0.15) is 6.61 Å². The Morgan fingerprint density at radius 1 is 1.23 bits per heavy atom.